The second-order valence-electron chi connectivity index (χ2n) is 5.12. The van der Waals surface area contributed by atoms with E-state index in [1.165, 1.54) is 6.08 Å². The summed E-state index contributed by atoms with van der Waals surface area (Å²) in [5.74, 6) is -0.972. The standard InChI is InChI=1S/C16H18N2O3/c1-12(2)18-10-9-17(16(18)21)11-14-5-3-13(4-6-14)7-8-15(19)20/h3-10,12H,11H2,1-2H3,(H,19,20)/b8-7+. The minimum atomic E-state index is -0.972. The van der Waals surface area contributed by atoms with Gasteiger partial charge in [-0.2, -0.15) is 0 Å². The number of carbonyl (C=O) groups is 1. The van der Waals surface area contributed by atoms with E-state index in [4.69, 9.17) is 5.11 Å². The van der Waals surface area contributed by atoms with E-state index in [0.29, 0.717) is 6.54 Å². The number of benzene rings is 1. The van der Waals surface area contributed by atoms with Gasteiger partial charge in [-0.05, 0) is 31.1 Å². The molecule has 0 saturated heterocycles. The molecule has 0 radical (unpaired) electrons. The Morgan fingerprint density at radius 1 is 1.24 bits per heavy atom. The molecule has 0 fully saturated rings. The van der Waals surface area contributed by atoms with Gasteiger partial charge in [0.2, 0.25) is 0 Å². The van der Waals surface area contributed by atoms with E-state index >= 15 is 0 Å². The van der Waals surface area contributed by atoms with E-state index in [9.17, 15) is 9.59 Å². The summed E-state index contributed by atoms with van der Waals surface area (Å²) >= 11 is 0. The summed E-state index contributed by atoms with van der Waals surface area (Å²) in [5.41, 5.74) is 1.78. The predicted molar refractivity (Wildman–Crippen MR) is 81.3 cm³/mol. The van der Waals surface area contributed by atoms with Gasteiger partial charge in [0.15, 0.2) is 0 Å². The third kappa shape index (κ3) is 3.72. The number of hydrogen-bond acceptors (Lipinski definition) is 2. The van der Waals surface area contributed by atoms with Crippen LogP contribution < -0.4 is 5.69 Å². The molecule has 5 nitrogen and oxygen atoms in total. The van der Waals surface area contributed by atoms with E-state index in [-0.39, 0.29) is 11.7 Å². The van der Waals surface area contributed by atoms with Crippen LogP contribution in [0.15, 0.2) is 47.5 Å². The number of aromatic nitrogens is 2. The largest absolute Gasteiger partial charge is 0.478 e. The van der Waals surface area contributed by atoms with Crippen LogP contribution in [-0.2, 0) is 11.3 Å². The first-order valence-electron chi connectivity index (χ1n) is 6.74. The molecular formula is C16H18N2O3. The molecule has 2 aromatic rings. The maximum atomic E-state index is 12.1. The third-order valence-corrected chi connectivity index (χ3v) is 3.18. The lowest BCUT2D eigenvalue weighted by Gasteiger charge is -2.05. The van der Waals surface area contributed by atoms with E-state index < -0.39 is 5.97 Å². The van der Waals surface area contributed by atoms with Crippen LogP contribution in [0.3, 0.4) is 0 Å². The van der Waals surface area contributed by atoms with Crippen molar-refractivity contribution in [2.24, 2.45) is 0 Å². The van der Waals surface area contributed by atoms with Crippen molar-refractivity contribution in [3.63, 3.8) is 0 Å². The lowest BCUT2D eigenvalue weighted by atomic mass is 10.1. The Bertz CT molecular complexity index is 706. The number of carboxylic acid groups (broad SMARTS) is 1. The molecule has 2 rings (SSSR count). The molecule has 0 atom stereocenters. The van der Waals surface area contributed by atoms with Crippen molar-refractivity contribution in [2.75, 3.05) is 0 Å². The summed E-state index contributed by atoms with van der Waals surface area (Å²) in [4.78, 5) is 22.6. The quantitative estimate of drug-likeness (QED) is 0.858. The van der Waals surface area contributed by atoms with Crippen molar-refractivity contribution >= 4 is 12.0 Å². The topological polar surface area (TPSA) is 64.2 Å². The highest BCUT2D eigenvalue weighted by Gasteiger charge is 2.06. The molecule has 0 bridgehead atoms. The van der Waals surface area contributed by atoms with Gasteiger partial charge in [0, 0.05) is 24.5 Å². The monoisotopic (exact) mass is 286 g/mol. The Morgan fingerprint density at radius 2 is 1.90 bits per heavy atom. The van der Waals surface area contributed by atoms with Crippen LogP contribution in [0.1, 0.15) is 31.0 Å². The van der Waals surface area contributed by atoms with Gasteiger partial charge in [-0.3, -0.25) is 9.13 Å². The molecular weight excluding hydrogens is 268 g/mol. The second kappa shape index (κ2) is 6.26. The summed E-state index contributed by atoms with van der Waals surface area (Å²) in [6, 6.07) is 7.59. The van der Waals surface area contributed by atoms with E-state index in [1.807, 2.05) is 38.1 Å². The van der Waals surface area contributed by atoms with Crippen LogP contribution in [0.2, 0.25) is 0 Å². The van der Waals surface area contributed by atoms with Crippen molar-refractivity contribution in [2.45, 2.75) is 26.4 Å². The third-order valence-electron chi connectivity index (χ3n) is 3.18. The van der Waals surface area contributed by atoms with Crippen LogP contribution >= 0.6 is 0 Å². The second-order valence-corrected chi connectivity index (χ2v) is 5.12. The summed E-state index contributed by atoms with van der Waals surface area (Å²) in [7, 11) is 0. The van der Waals surface area contributed by atoms with Crippen LogP contribution in [0, 0.1) is 0 Å². The molecule has 1 N–H and O–H groups in total. The minimum Gasteiger partial charge on any atom is -0.478 e. The van der Waals surface area contributed by atoms with Gasteiger partial charge >= 0.3 is 11.7 Å². The number of nitrogens with zero attached hydrogens (tertiary/aromatic N) is 2. The summed E-state index contributed by atoms with van der Waals surface area (Å²) in [6.45, 7) is 4.44. The molecule has 0 aliphatic heterocycles. The summed E-state index contributed by atoms with van der Waals surface area (Å²) in [6.07, 6.45) is 6.20. The molecule has 5 heteroatoms. The molecule has 0 unspecified atom stereocenters. The fraction of sp³-hybridized carbons (Fsp3) is 0.250. The average molecular weight is 286 g/mol. The molecule has 1 aromatic carbocycles. The van der Waals surface area contributed by atoms with Gasteiger partial charge in [0.1, 0.15) is 0 Å². The van der Waals surface area contributed by atoms with E-state index in [0.717, 1.165) is 17.2 Å². The maximum Gasteiger partial charge on any atom is 0.328 e. The molecule has 0 aliphatic rings. The molecule has 1 heterocycles. The van der Waals surface area contributed by atoms with Gasteiger partial charge in [0.25, 0.3) is 0 Å². The zero-order chi connectivity index (χ0) is 15.4. The zero-order valence-corrected chi connectivity index (χ0v) is 12.1. The van der Waals surface area contributed by atoms with E-state index in [1.54, 1.807) is 21.5 Å². The van der Waals surface area contributed by atoms with Gasteiger partial charge in [0.05, 0.1) is 6.54 Å². The van der Waals surface area contributed by atoms with Gasteiger partial charge < -0.3 is 5.11 Å². The Kier molecular flexibility index (Phi) is 4.42. The molecule has 110 valence electrons. The number of imidazole rings is 1. The molecule has 0 saturated carbocycles. The fourth-order valence-corrected chi connectivity index (χ4v) is 2.04. The first-order valence-corrected chi connectivity index (χ1v) is 6.74. The van der Waals surface area contributed by atoms with Crippen LogP contribution in [0.5, 0.6) is 0 Å². The number of aliphatic carboxylic acids is 1. The highest BCUT2D eigenvalue weighted by molar-refractivity contribution is 5.85. The van der Waals surface area contributed by atoms with Gasteiger partial charge in [-0.25, -0.2) is 9.59 Å². The fourth-order valence-electron chi connectivity index (χ4n) is 2.04. The van der Waals surface area contributed by atoms with Crippen molar-refractivity contribution in [3.8, 4) is 0 Å². The van der Waals surface area contributed by atoms with Crippen LogP contribution in [-0.4, -0.2) is 20.2 Å². The van der Waals surface area contributed by atoms with Crippen LogP contribution in [0.4, 0.5) is 0 Å². The first-order chi connectivity index (χ1) is 9.97. The normalized spacial score (nSPS) is 11.4. The Balaban J connectivity index is 2.14. The number of carboxylic acids is 1. The Hall–Kier alpha value is -2.56. The molecule has 1 aromatic heterocycles. The Morgan fingerprint density at radius 3 is 2.43 bits per heavy atom. The SMILES string of the molecule is CC(C)n1ccn(Cc2ccc(/C=C/C(=O)O)cc2)c1=O. The van der Waals surface area contributed by atoms with Crippen molar-refractivity contribution in [1.29, 1.82) is 0 Å². The average Bonchev–Trinajstić information content (AvgIpc) is 2.79. The van der Waals surface area contributed by atoms with Crippen molar-refractivity contribution in [3.05, 3.63) is 64.3 Å². The van der Waals surface area contributed by atoms with Crippen LogP contribution in [0.25, 0.3) is 6.08 Å². The van der Waals surface area contributed by atoms with Gasteiger partial charge in [-0.15, -0.1) is 0 Å². The Labute approximate surface area is 122 Å². The van der Waals surface area contributed by atoms with Gasteiger partial charge in [-0.1, -0.05) is 24.3 Å². The predicted octanol–water partition coefficient (Wildman–Crippen LogP) is 2.38. The number of hydrogen-bond donors (Lipinski definition) is 1. The maximum absolute atomic E-state index is 12.1. The highest BCUT2D eigenvalue weighted by Crippen LogP contribution is 2.08. The molecule has 0 amide bonds. The zero-order valence-electron chi connectivity index (χ0n) is 12.1. The molecule has 0 aliphatic carbocycles. The summed E-state index contributed by atoms with van der Waals surface area (Å²) in [5, 5.41) is 8.57. The van der Waals surface area contributed by atoms with Crippen molar-refractivity contribution in [1.82, 2.24) is 9.13 Å². The highest BCUT2D eigenvalue weighted by atomic mass is 16.4. The van der Waals surface area contributed by atoms with E-state index in [2.05, 4.69) is 0 Å². The first kappa shape index (κ1) is 14.8. The number of rotatable bonds is 5. The summed E-state index contributed by atoms with van der Waals surface area (Å²) < 4.78 is 3.34. The lowest BCUT2D eigenvalue weighted by molar-refractivity contribution is -0.131. The van der Waals surface area contributed by atoms with Crippen molar-refractivity contribution < 1.29 is 9.90 Å². The molecule has 0 spiro atoms. The smallest absolute Gasteiger partial charge is 0.328 e. The minimum absolute atomic E-state index is 0.0279. The molecule has 21 heavy (non-hydrogen) atoms. The lowest BCUT2D eigenvalue weighted by Crippen LogP contribution is -2.25.